The highest BCUT2D eigenvalue weighted by molar-refractivity contribution is 5.94. The van der Waals surface area contributed by atoms with Crippen LogP contribution in [0.15, 0.2) is 18.2 Å². The molecule has 0 aromatic carbocycles. The highest BCUT2D eigenvalue weighted by atomic mass is 16.5. The van der Waals surface area contributed by atoms with Gasteiger partial charge in [-0.1, -0.05) is 18.9 Å². The van der Waals surface area contributed by atoms with Gasteiger partial charge in [-0.15, -0.1) is 0 Å². The molecule has 0 atom stereocenters. The van der Waals surface area contributed by atoms with Gasteiger partial charge in [0.25, 0.3) is 5.91 Å². The third kappa shape index (κ3) is 4.82. The molecule has 21 heavy (non-hydrogen) atoms. The maximum atomic E-state index is 11.8. The van der Waals surface area contributed by atoms with E-state index in [9.17, 15) is 9.59 Å². The van der Waals surface area contributed by atoms with Crippen LogP contribution in [-0.2, 0) is 4.74 Å². The molecule has 0 aliphatic heterocycles. The number of amides is 1. The number of carboxylic acids is 1. The number of hydrogen-bond donors (Lipinski definition) is 2. The normalized spacial score (nSPS) is 15.0. The van der Waals surface area contributed by atoms with Gasteiger partial charge >= 0.3 is 5.97 Å². The lowest BCUT2D eigenvalue weighted by Gasteiger charge is -2.11. The van der Waals surface area contributed by atoms with Gasteiger partial charge in [0.05, 0.1) is 6.10 Å². The van der Waals surface area contributed by atoms with Gasteiger partial charge in [-0.3, -0.25) is 4.79 Å². The summed E-state index contributed by atoms with van der Waals surface area (Å²) in [5, 5.41) is 11.5. The molecule has 114 valence electrons. The highest BCUT2D eigenvalue weighted by Gasteiger charge is 2.15. The van der Waals surface area contributed by atoms with Gasteiger partial charge in [-0.2, -0.15) is 0 Å². The van der Waals surface area contributed by atoms with E-state index in [2.05, 4.69) is 10.3 Å². The number of nitrogens with one attached hydrogen (secondary N) is 1. The Balaban J connectivity index is 1.69. The Hall–Kier alpha value is -1.95. The standard InChI is InChI=1S/C15H20N2O4/c18-14(12-7-3-8-13(17-12)15(19)20)16-9-4-10-21-11-5-1-2-6-11/h3,7-8,11H,1-2,4-6,9-10H2,(H,16,18)(H,19,20). The molecule has 6 nitrogen and oxygen atoms in total. The van der Waals surface area contributed by atoms with Gasteiger partial charge in [-0.25, -0.2) is 9.78 Å². The van der Waals surface area contributed by atoms with Crippen molar-refractivity contribution in [2.75, 3.05) is 13.2 Å². The molecular weight excluding hydrogens is 272 g/mol. The monoisotopic (exact) mass is 292 g/mol. The summed E-state index contributed by atoms with van der Waals surface area (Å²) >= 11 is 0. The number of hydrogen-bond acceptors (Lipinski definition) is 4. The largest absolute Gasteiger partial charge is 0.477 e. The average Bonchev–Trinajstić information content (AvgIpc) is 3.00. The van der Waals surface area contributed by atoms with Gasteiger partial charge in [0, 0.05) is 13.2 Å². The molecule has 1 aliphatic rings. The maximum absolute atomic E-state index is 11.8. The van der Waals surface area contributed by atoms with Crippen LogP contribution in [0.2, 0.25) is 0 Å². The zero-order valence-electron chi connectivity index (χ0n) is 11.9. The van der Waals surface area contributed by atoms with Crippen LogP contribution >= 0.6 is 0 Å². The molecule has 2 N–H and O–H groups in total. The van der Waals surface area contributed by atoms with Gasteiger partial charge in [0.2, 0.25) is 0 Å². The van der Waals surface area contributed by atoms with Gasteiger partial charge in [-0.05, 0) is 31.4 Å². The molecule has 6 heteroatoms. The molecule has 0 saturated heterocycles. The van der Waals surface area contributed by atoms with Crippen LogP contribution < -0.4 is 5.32 Å². The van der Waals surface area contributed by atoms with E-state index < -0.39 is 5.97 Å². The number of carbonyl (C=O) groups is 2. The first-order valence-electron chi connectivity index (χ1n) is 7.27. The minimum atomic E-state index is -1.14. The summed E-state index contributed by atoms with van der Waals surface area (Å²) in [5.74, 6) is -1.51. The first-order chi connectivity index (χ1) is 10.2. The molecule has 0 spiro atoms. The number of carbonyl (C=O) groups excluding carboxylic acids is 1. The summed E-state index contributed by atoms with van der Waals surface area (Å²) in [6.45, 7) is 1.12. The van der Waals surface area contributed by atoms with E-state index in [1.165, 1.54) is 31.0 Å². The molecule has 1 amide bonds. The SMILES string of the molecule is O=C(O)c1cccc(C(=O)NCCCOC2CCCC2)n1. The van der Waals surface area contributed by atoms with E-state index in [1.807, 2.05) is 0 Å². The first kappa shape index (κ1) is 15.4. The Morgan fingerprint density at radius 2 is 2.00 bits per heavy atom. The zero-order valence-corrected chi connectivity index (χ0v) is 11.9. The van der Waals surface area contributed by atoms with E-state index in [4.69, 9.17) is 9.84 Å². The van der Waals surface area contributed by atoms with Crippen molar-refractivity contribution in [1.29, 1.82) is 0 Å². The fraction of sp³-hybridized carbons (Fsp3) is 0.533. The fourth-order valence-corrected chi connectivity index (χ4v) is 2.35. The van der Waals surface area contributed by atoms with Crippen LogP contribution in [0, 0.1) is 0 Å². The molecule has 1 aromatic rings. The minimum Gasteiger partial charge on any atom is -0.477 e. The second-order valence-electron chi connectivity index (χ2n) is 5.10. The van der Waals surface area contributed by atoms with Crippen molar-refractivity contribution in [2.24, 2.45) is 0 Å². The van der Waals surface area contributed by atoms with Crippen LogP contribution in [0.5, 0.6) is 0 Å². The number of nitrogens with zero attached hydrogens (tertiary/aromatic N) is 1. The van der Waals surface area contributed by atoms with E-state index in [1.54, 1.807) is 0 Å². The predicted octanol–water partition coefficient (Wildman–Crippen LogP) is 1.86. The number of aromatic nitrogens is 1. The maximum Gasteiger partial charge on any atom is 0.354 e. The lowest BCUT2D eigenvalue weighted by atomic mass is 10.3. The van der Waals surface area contributed by atoms with Crippen LogP contribution in [0.1, 0.15) is 53.1 Å². The zero-order chi connectivity index (χ0) is 15.1. The Morgan fingerprint density at radius 3 is 2.71 bits per heavy atom. The van der Waals surface area contributed by atoms with Gasteiger partial charge in [0.1, 0.15) is 11.4 Å². The molecule has 1 aromatic heterocycles. The topological polar surface area (TPSA) is 88.5 Å². The summed E-state index contributed by atoms with van der Waals surface area (Å²) in [7, 11) is 0. The Labute approximate surface area is 123 Å². The Kier molecular flexibility index (Phi) is 5.68. The number of carboxylic acid groups (broad SMARTS) is 1. The van der Waals surface area contributed by atoms with Crippen LogP contribution in [0.25, 0.3) is 0 Å². The Morgan fingerprint density at radius 1 is 1.29 bits per heavy atom. The van der Waals surface area contributed by atoms with Crippen molar-refractivity contribution >= 4 is 11.9 Å². The average molecular weight is 292 g/mol. The van der Waals surface area contributed by atoms with Crippen molar-refractivity contribution in [3.8, 4) is 0 Å². The summed E-state index contributed by atoms with van der Waals surface area (Å²) in [4.78, 5) is 26.4. The lowest BCUT2D eigenvalue weighted by molar-refractivity contribution is 0.0565. The van der Waals surface area contributed by atoms with E-state index in [-0.39, 0.29) is 17.3 Å². The molecule has 0 unspecified atom stereocenters. The summed E-state index contributed by atoms with van der Waals surface area (Å²) in [6.07, 6.45) is 5.88. The van der Waals surface area contributed by atoms with E-state index in [0.717, 1.165) is 19.3 Å². The summed E-state index contributed by atoms with van der Waals surface area (Å²) in [5.41, 5.74) is -0.0150. The smallest absolute Gasteiger partial charge is 0.354 e. The first-order valence-corrected chi connectivity index (χ1v) is 7.27. The molecular formula is C15H20N2O4. The van der Waals surface area contributed by atoms with E-state index in [0.29, 0.717) is 19.3 Å². The molecule has 2 rings (SSSR count). The number of pyridine rings is 1. The van der Waals surface area contributed by atoms with Gasteiger partial charge in [0.15, 0.2) is 0 Å². The van der Waals surface area contributed by atoms with Crippen molar-refractivity contribution in [1.82, 2.24) is 10.3 Å². The summed E-state index contributed by atoms with van der Waals surface area (Å²) in [6, 6.07) is 4.36. The quantitative estimate of drug-likeness (QED) is 0.749. The number of ether oxygens (including phenoxy) is 1. The predicted molar refractivity (Wildman–Crippen MR) is 76.4 cm³/mol. The molecule has 0 radical (unpaired) electrons. The van der Waals surface area contributed by atoms with Crippen LogP contribution in [0.3, 0.4) is 0 Å². The number of aromatic carboxylic acids is 1. The van der Waals surface area contributed by atoms with E-state index >= 15 is 0 Å². The molecule has 0 bridgehead atoms. The van der Waals surface area contributed by atoms with Crippen LogP contribution in [-0.4, -0.2) is 41.2 Å². The fourth-order valence-electron chi connectivity index (χ4n) is 2.35. The van der Waals surface area contributed by atoms with Crippen molar-refractivity contribution in [3.63, 3.8) is 0 Å². The van der Waals surface area contributed by atoms with Gasteiger partial charge < -0.3 is 15.2 Å². The molecule has 1 saturated carbocycles. The van der Waals surface area contributed by atoms with Crippen molar-refractivity contribution in [3.05, 3.63) is 29.6 Å². The summed E-state index contributed by atoms with van der Waals surface area (Å²) < 4.78 is 5.70. The third-order valence-electron chi connectivity index (χ3n) is 3.46. The second-order valence-corrected chi connectivity index (χ2v) is 5.10. The van der Waals surface area contributed by atoms with Crippen LogP contribution in [0.4, 0.5) is 0 Å². The van der Waals surface area contributed by atoms with Crippen molar-refractivity contribution < 1.29 is 19.4 Å². The Bertz CT molecular complexity index is 498. The highest BCUT2D eigenvalue weighted by Crippen LogP contribution is 2.20. The van der Waals surface area contributed by atoms with Crippen molar-refractivity contribution in [2.45, 2.75) is 38.2 Å². The molecule has 1 fully saturated rings. The third-order valence-corrected chi connectivity index (χ3v) is 3.46. The lowest BCUT2D eigenvalue weighted by Crippen LogP contribution is -2.27. The second kappa shape index (κ2) is 7.73. The molecule has 1 aliphatic carbocycles. The number of rotatable bonds is 7. The molecule has 1 heterocycles. The minimum absolute atomic E-state index is 0.117.